The molecule has 1 saturated heterocycles. The lowest BCUT2D eigenvalue weighted by molar-refractivity contribution is 0.567. The maximum absolute atomic E-state index is 5.70. The summed E-state index contributed by atoms with van der Waals surface area (Å²) in [6.07, 6.45) is 6.05. The second kappa shape index (κ2) is 6.33. The average Bonchev–Trinajstić information content (AvgIpc) is 3.20. The summed E-state index contributed by atoms with van der Waals surface area (Å²) in [4.78, 5) is 6.76. The van der Waals surface area contributed by atoms with Gasteiger partial charge in [0.05, 0.1) is 17.8 Å². The van der Waals surface area contributed by atoms with Crippen LogP contribution in [0.4, 0.5) is 5.69 Å². The molecule has 3 heterocycles. The molecule has 0 spiro atoms. The second-order valence-electron chi connectivity index (χ2n) is 6.44. The molecule has 2 aromatic heterocycles. The monoisotopic (exact) mass is 348 g/mol. The van der Waals surface area contributed by atoms with Crippen molar-refractivity contribution in [1.82, 2.24) is 14.9 Å². The van der Waals surface area contributed by atoms with E-state index in [0.29, 0.717) is 0 Å². The van der Waals surface area contributed by atoms with Gasteiger partial charge in [0.1, 0.15) is 0 Å². The molecule has 25 heavy (non-hydrogen) atoms. The molecule has 1 aliphatic rings. The lowest BCUT2D eigenvalue weighted by atomic mass is 9.98. The highest BCUT2D eigenvalue weighted by Gasteiger charge is 2.40. The number of hydrogen-bond donors (Lipinski definition) is 1. The summed E-state index contributed by atoms with van der Waals surface area (Å²) in [6, 6.07) is 16.7. The van der Waals surface area contributed by atoms with Crippen molar-refractivity contribution >= 4 is 23.0 Å². The van der Waals surface area contributed by atoms with E-state index in [0.717, 1.165) is 16.5 Å². The predicted octanol–water partition coefficient (Wildman–Crippen LogP) is 3.91. The Morgan fingerprint density at radius 2 is 1.88 bits per heavy atom. The van der Waals surface area contributed by atoms with Crippen molar-refractivity contribution in [3.63, 3.8) is 0 Å². The third-order valence-corrected chi connectivity index (χ3v) is 4.92. The number of anilines is 1. The van der Waals surface area contributed by atoms with E-state index in [1.54, 1.807) is 0 Å². The summed E-state index contributed by atoms with van der Waals surface area (Å²) >= 11 is 5.70. The highest BCUT2D eigenvalue weighted by atomic mass is 32.1. The van der Waals surface area contributed by atoms with Crippen molar-refractivity contribution in [3.8, 4) is 0 Å². The van der Waals surface area contributed by atoms with Gasteiger partial charge in [0.2, 0.25) is 0 Å². The van der Waals surface area contributed by atoms with E-state index < -0.39 is 0 Å². The van der Waals surface area contributed by atoms with Crippen LogP contribution < -0.4 is 10.2 Å². The SMILES string of the molecule is Cc1ccc(N2C(=S)N[C@@H](c3ccccn3)[C@@H]2c2ccn(C)c2)cc1. The summed E-state index contributed by atoms with van der Waals surface area (Å²) in [5.41, 5.74) is 4.54. The van der Waals surface area contributed by atoms with Gasteiger partial charge in [-0.15, -0.1) is 0 Å². The molecule has 0 saturated carbocycles. The number of nitrogens with zero attached hydrogens (tertiary/aromatic N) is 3. The van der Waals surface area contributed by atoms with E-state index in [9.17, 15) is 0 Å². The fourth-order valence-electron chi connectivity index (χ4n) is 3.38. The molecule has 0 radical (unpaired) electrons. The van der Waals surface area contributed by atoms with Crippen LogP contribution in [0.1, 0.15) is 28.9 Å². The Bertz CT molecular complexity index is 886. The first-order valence-corrected chi connectivity index (χ1v) is 8.73. The van der Waals surface area contributed by atoms with Gasteiger partial charge in [0.15, 0.2) is 5.11 Å². The van der Waals surface area contributed by atoms with Crippen molar-refractivity contribution in [2.75, 3.05) is 4.90 Å². The maximum atomic E-state index is 5.70. The van der Waals surface area contributed by atoms with Crippen LogP contribution in [-0.2, 0) is 7.05 Å². The number of aromatic nitrogens is 2. The molecule has 1 N–H and O–H groups in total. The zero-order chi connectivity index (χ0) is 17.4. The molecule has 1 aliphatic heterocycles. The largest absolute Gasteiger partial charge is 0.357 e. The maximum Gasteiger partial charge on any atom is 0.174 e. The van der Waals surface area contributed by atoms with Gasteiger partial charge >= 0.3 is 0 Å². The second-order valence-corrected chi connectivity index (χ2v) is 6.83. The Morgan fingerprint density at radius 3 is 2.52 bits per heavy atom. The molecule has 3 aromatic rings. The average molecular weight is 348 g/mol. The van der Waals surface area contributed by atoms with Crippen LogP contribution in [0.5, 0.6) is 0 Å². The van der Waals surface area contributed by atoms with Crippen LogP contribution >= 0.6 is 12.2 Å². The zero-order valence-electron chi connectivity index (χ0n) is 14.3. The fourth-order valence-corrected chi connectivity index (χ4v) is 3.72. The molecule has 1 aromatic carbocycles. The molecule has 5 heteroatoms. The standard InChI is InChI=1S/C20H20N4S/c1-14-6-8-16(9-7-14)24-19(15-10-12-23(2)13-15)18(22-20(24)25)17-5-3-4-11-21-17/h3-13,18-19H,1-2H3,(H,22,25)/t18-,19-/m0/s1. The van der Waals surface area contributed by atoms with Gasteiger partial charge in [-0.25, -0.2) is 0 Å². The molecule has 0 amide bonds. The molecule has 0 aliphatic carbocycles. The number of pyridine rings is 1. The minimum absolute atomic E-state index is 0.0115. The molecule has 0 bridgehead atoms. The molecule has 1 fully saturated rings. The van der Waals surface area contributed by atoms with Crippen molar-refractivity contribution in [2.24, 2.45) is 7.05 Å². The van der Waals surface area contributed by atoms with Crippen molar-refractivity contribution in [2.45, 2.75) is 19.0 Å². The van der Waals surface area contributed by atoms with Crippen molar-refractivity contribution < 1.29 is 0 Å². The Balaban J connectivity index is 1.81. The first-order valence-electron chi connectivity index (χ1n) is 8.33. The minimum atomic E-state index is 0.0115. The Labute approximate surface area is 153 Å². The first kappa shape index (κ1) is 15.8. The van der Waals surface area contributed by atoms with E-state index in [2.05, 4.69) is 75.5 Å². The van der Waals surface area contributed by atoms with E-state index in [4.69, 9.17) is 12.2 Å². The molecular formula is C20H20N4S. The molecule has 4 rings (SSSR count). The number of benzene rings is 1. The van der Waals surface area contributed by atoms with E-state index in [-0.39, 0.29) is 12.1 Å². The van der Waals surface area contributed by atoms with Crippen LogP contribution in [0, 0.1) is 6.92 Å². The minimum Gasteiger partial charge on any atom is -0.357 e. The van der Waals surface area contributed by atoms with Gasteiger partial charge in [-0.2, -0.15) is 0 Å². The first-order chi connectivity index (χ1) is 12.1. The normalized spacial score (nSPS) is 19.9. The fraction of sp³-hybridized carbons (Fsp3) is 0.200. The summed E-state index contributed by atoms with van der Waals surface area (Å²) in [6.45, 7) is 2.09. The molecule has 4 nitrogen and oxygen atoms in total. The van der Waals surface area contributed by atoms with Crippen molar-refractivity contribution in [3.05, 3.63) is 83.9 Å². The predicted molar refractivity (Wildman–Crippen MR) is 105 cm³/mol. The van der Waals surface area contributed by atoms with E-state index in [1.165, 1.54) is 11.1 Å². The van der Waals surface area contributed by atoms with Gasteiger partial charge in [0, 0.05) is 31.3 Å². The summed E-state index contributed by atoms with van der Waals surface area (Å²) in [5.74, 6) is 0. The van der Waals surface area contributed by atoms with Crippen molar-refractivity contribution in [1.29, 1.82) is 0 Å². The Kier molecular flexibility index (Phi) is 4.01. The summed E-state index contributed by atoms with van der Waals surface area (Å²) in [5, 5.41) is 4.21. The molecule has 126 valence electrons. The number of thiocarbonyl (C=S) groups is 1. The van der Waals surface area contributed by atoms with Gasteiger partial charge < -0.3 is 14.8 Å². The van der Waals surface area contributed by atoms with Gasteiger partial charge in [-0.05, 0) is 55.0 Å². The Hall–Kier alpha value is -2.66. The Morgan fingerprint density at radius 1 is 1.08 bits per heavy atom. The number of rotatable bonds is 3. The zero-order valence-corrected chi connectivity index (χ0v) is 15.1. The van der Waals surface area contributed by atoms with Gasteiger partial charge in [-0.3, -0.25) is 4.98 Å². The molecule has 2 atom stereocenters. The molecule has 0 unspecified atom stereocenters. The summed E-state index contributed by atoms with van der Waals surface area (Å²) < 4.78 is 2.07. The number of hydrogen-bond acceptors (Lipinski definition) is 2. The van der Waals surface area contributed by atoms with E-state index in [1.807, 2.05) is 25.4 Å². The number of aryl methyl sites for hydroxylation is 2. The van der Waals surface area contributed by atoms with Crippen LogP contribution in [0.2, 0.25) is 0 Å². The molecular weight excluding hydrogens is 328 g/mol. The highest BCUT2D eigenvalue weighted by molar-refractivity contribution is 7.80. The topological polar surface area (TPSA) is 33.1 Å². The quantitative estimate of drug-likeness (QED) is 0.728. The lowest BCUT2D eigenvalue weighted by Gasteiger charge is -2.27. The van der Waals surface area contributed by atoms with Crippen LogP contribution in [0.15, 0.2) is 67.1 Å². The third kappa shape index (κ3) is 2.91. The van der Waals surface area contributed by atoms with Crippen LogP contribution in [0.3, 0.4) is 0 Å². The van der Waals surface area contributed by atoms with Gasteiger partial charge in [0.25, 0.3) is 0 Å². The van der Waals surface area contributed by atoms with Gasteiger partial charge in [-0.1, -0.05) is 23.8 Å². The lowest BCUT2D eigenvalue weighted by Crippen LogP contribution is -2.29. The number of nitrogens with one attached hydrogen (secondary N) is 1. The van der Waals surface area contributed by atoms with Crippen LogP contribution in [0.25, 0.3) is 0 Å². The third-order valence-electron chi connectivity index (χ3n) is 4.61. The van der Waals surface area contributed by atoms with Crippen LogP contribution in [-0.4, -0.2) is 14.7 Å². The smallest absolute Gasteiger partial charge is 0.174 e. The summed E-state index contributed by atoms with van der Waals surface area (Å²) in [7, 11) is 2.04. The highest BCUT2D eigenvalue weighted by Crippen LogP contribution is 2.41. The van der Waals surface area contributed by atoms with E-state index >= 15 is 0 Å².